The van der Waals surface area contributed by atoms with E-state index < -0.39 is 44.0 Å². The van der Waals surface area contributed by atoms with Crippen molar-refractivity contribution < 1.29 is 26.4 Å². The van der Waals surface area contributed by atoms with Crippen molar-refractivity contribution in [1.82, 2.24) is 30.0 Å². The summed E-state index contributed by atoms with van der Waals surface area (Å²) in [5, 5.41) is 6.50. The van der Waals surface area contributed by atoms with E-state index in [1.54, 1.807) is 6.92 Å². The lowest BCUT2D eigenvalue weighted by Crippen LogP contribution is -2.29. The molecule has 0 saturated carbocycles. The summed E-state index contributed by atoms with van der Waals surface area (Å²) in [6.45, 7) is 1.54. The molecule has 0 fully saturated rings. The van der Waals surface area contributed by atoms with Crippen molar-refractivity contribution in [2.24, 2.45) is 0 Å². The van der Waals surface area contributed by atoms with Gasteiger partial charge in [-0.25, -0.2) is 18.4 Å². The Bertz CT molecular complexity index is 1180. The standard InChI is InChI=1S/C17H15F3N6O3S/c1-10(15-23-9-24-26(15)14-8-21-3-4-22-14)25-16(27)11-5-12(17(18,19)20)7-13(6-11)30(2,28)29/h3-10H,1-2H3,(H,25,27)/t10-/m0/s1. The lowest BCUT2D eigenvalue weighted by Gasteiger charge is -2.16. The molecular weight excluding hydrogens is 425 g/mol. The van der Waals surface area contributed by atoms with Gasteiger partial charge >= 0.3 is 6.18 Å². The summed E-state index contributed by atoms with van der Waals surface area (Å²) in [6.07, 6.45) is 1.46. The van der Waals surface area contributed by atoms with Crippen LogP contribution in [-0.4, -0.2) is 45.3 Å². The van der Waals surface area contributed by atoms with Gasteiger partial charge in [-0.2, -0.15) is 23.0 Å². The highest BCUT2D eigenvalue weighted by Crippen LogP contribution is 2.32. The van der Waals surface area contributed by atoms with Crippen LogP contribution in [0.5, 0.6) is 0 Å². The van der Waals surface area contributed by atoms with Gasteiger partial charge in [0.1, 0.15) is 6.33 Å². The molecule has 0 radical (unpaired) electrons. The molecule has 0 spiro atoms. The summed E-state index contributed by atoms with van der Waals surface area (Å²) in [7, 11) is -3.98. The first-order valence-electron chi connectivity index (χ1n) is 8.36. The highest BCUT2D eigenvalue weighted by Gasteiger charge is 2.33. The number of alkyl halides is 3. The number of benzene rings is 1. The molecule has 1 N–H and O–H groups in total. The number of amides is 1. The Balaban J connectivity index is 1.93. The van der Waals surface area contributed by atoms with Crippen LogP contribution < -0.4 is 5.32 Å². The maximum absolute atomic E-state index is 13.2. The van der Waals surface area contributed by atoms with Crippen LogP contribution in [0.2, 0.25) is 0 Å². The second kappa shape index (κ2) is 7.82. The van der Waals surface area contributed by atoms with Crippen LogP contribution >= 0.6 is 0 Å². The van der Waals surface area contributed by atoms with Crippen LogP contribution in [0.3, 0.4) is 0 Å². The minimum absolute atomic E-state index is 0.249. The topological polar surface area (TPSA) is 120 Å². The van der Waals surface area contributed by atoms with E-state index in [4.69, 9.17) is 0 Å². The van der Waals surface area contributed by atoms with E-state index >= 15 is 0 Å². The van der Waals surface area contributed by atoms with Gasteiger partial charge in [0.25, 0.3) is 5.91 Å². The Morgan fingerprint density at radius 3 is 2.50 bits per heavy atom. The van der Waals surface area contributed by atoms with Crippen molar-refractivity contribution in [3.63, 3.8) is 0 Å². The fraction of sp³-hybridized carbons (Fsp3) is 0.235. The number of hydrogen-bond donors (Lipinski definition) is 1. The number of hydrogen-bond acceptors (Lipinski definition) is 7. The van der Waals surface area contributed by atoms with Crippen LogP contribution in [0.4, 0.5) is 13.2 Å². The SMILES string of the molecule is C[C@H](NC(=O)c1cc(C(F)(F)F)cc(S(C)(=O)=O)c1)c1ncnn1-c1cnccn1. The van der Waals surface area contributed by atoms with Crippen molar-refractivity contribution in [3.05, 3.63) is 60.1 Å². The summed E-state index contributed by atoms with van der Waals surface area (Å²) in [6, 6.07) is 1.17. The highest BCUT2D eigenvalue weighted by molar-refractivity contribution is 7.90. The number of carbonyl (C=O) groups is 1. The van der Waals surface area contributed by atoms with Gasteiger partial charge in [-0.05, 0) is 25.1 Å². The molecule has 30 heavy (non-hydrogen) atoms. The highest BCUT2D eigenvalue weighted by atomic mass is 32.2. The average Bonchev–Trinajstić information content (AvgIpc) is 3.17. The smallest absolute Gasteiger partial charge is 0.342 e. The molecule has 0 saturated heterocycles. The van der Waals surface area contributed by atoms with Crippen LogP contribution in [0.1, 0.15) is 34.7 Å². The number of aromatic nitrogens is 5. The van der Waals surface area contributed by atoms with E-state index in [1.807, 2.05) is 0 Å². The molecule has 0 bridgehead atoms. The molecule has 13 heteroatoms. The largest absolute Gasteiger partial charge is 0.416 e. The Labute approximate surface area is 168 Å². The van der Waals surface area contributed by atoms with Gasteiger partial charge in [0, 0.05) is 24.2 Å². The molecule has 1 amide bonds. The second-order valence-corrected chi connectivity index (χ2v) is 8.32. The number of nitrogens with one attached hydrogen (secondary N) is 1. The third-order valence-corrected chi connectivity index (χ3v) is 5.09. The second-order valence-electron chi connectivity index (χ2n) is 6.30. The molecule has 3 aromatic rings. The summed E-state index contributed by atoms with van der Waals surface area (Å²) in [5.74, 6) is -0.337. The molecule has 0 aliphatic rings. The van der Waals surface area contributed by atoms with Gasteiger partial charge in [0.15, 0.2) is 21.5 Å². The summed E-state index contributed by atoms with van der Waals surface area (Å²) in [5.41, 5.74) is -1.70. The van der Waals surface area contributed by atoms with Crippen LogP contribution in [0.25, 0.3) is 5.82 Å². The Morgan fingerprint density at radius 2 is 1.90 bits per heavy atom. The van der Waals surface area contributed by atoms with E-state index in [0.717, 1.165) is 12.3 Å². The molecule has 0 aliphatic heterocycles. The van der Waals surface area contributed by atoms with Crippen LogP contribution in [0.15, 0.2) is 48.0 Å². The van der Waals surface area contributed by atoms with Crippen molar-refractivity contribution in [2.75, 3.05) is 6.26 Å². The van der Waals surface area contributed by atoms with Gasteiger partial charge in [0.2, 0.25) is 0 Å². The van der Waals surface area contributed by atoms with Gasteiger partial charge in [0.05, 0.1) is 22.7 Å². The number of nitrogens with zero attached hydrogens (tertiary/aromatic N) is 5. The normalized spacial score (nSPS) is 13.1. The molecule has 1 atom stereocenters. The fourth-order valence-electron chi connectivity index (χ4n) is 2.58. The third kappa shape index (κ3) is 4.62. The number of rotatable bonds is 5. The van der Waals surface area contributed by atoms with Crippen molar-refractivity contribution in [3.8, 4) is 5.82 Å². The first-order chi connectivity index (χ1) is 14.0. The summed E-state index contributed by atoms with van der Waals surface area (Å²) >= 11 is 0. The Kier molecular flexibility index (Phi) is 5.57. The molecule has 3 rings (SSSR count). The third-order valence-electron chi connectivity index (χ3n) is 4.00. The molecule has 2 heterocycles. The van der Waals surface area contributed by atoms with Crippen molar-refractivity contribution in [2.45, 2.75) is 24.0 Å². The van der Waals surface area contributed by atoms with E-state index in [-0.39, 0.29) is 5.82 Å². The molecular formula is C17H15F3N6O3S. The van der Waals surface area contributed by atoms with Gasteiger partial charge < -0.3 is 5.32 Å². The molecule has 9 nitrogen and oxygen atoms in total. The predicted molar refractivity (Wildman–Crippen MR) is 97.4 cm³/mol. The average molecular weight is 440 g/mol. The quantitative estimate of drug-likeness (QED) is 0.644. The zero-order valence-electron chi connectivity index (χ0n) is 15.6. The number of sulfone groups is 1. The molecule has 0 aliphatic carbocycles. The first-order valence-corrected chi connectivity index (χ1v) is 10.3. The fourth-order valence-corrected chi connectivity index (χ4v) is 3.26. The number of halogens is 3. The maximum atomic E-state index is 13.2. The number of carbonyl (C=O) groups excluding carboxylic acids is 1. The minimum atomic E-state index is -4.83. The lowest BCUT2D eigenvalue weighted by atomic mass is 10.1. The van der Waals surface area contributed by atoms with E-state index in [2.05, 4.69) is 25.4 Å². The van der Waals surface area contributed by atoms with Gasteiger partial charge in [-0.1, -0.05) is 0 Å². The molecule has 0 unspecified atom stereocenters. The van der Waals surface area contributed by atoms with Gasteiger partial charge in [-0.3, -0.25) is 9.78 Å². The van der Waals surface area contributed by atoms with E-state index in [0.29, 0.717) is 18.0 Å². The monoisotopic (exact) mass is 440 g/mol. The molecule has 1 aromatic carbocycles. The van der Waals surface area contributed by atoms with Crippen molar-refractivity contribution in [1.29, 1.82) is 0 Å². The summed E-state index contributed by atoms with van der Waals surface area (Å²) < 4.78 is 64.3. The van der Waals surface area contributed by atoms with Gasteiger partial charge in [-0.15, -0.1) is 0 Å². The van der Waals surface area contributed by atoms with Crippen LogP contribution in [-0.2, 0) is 16.0 Å². The van der Waals surface area contributed by atoms with E-state index in [9.17, 15) is 26.4 Å². The zero-order chi connectivity index (χ0) is 22.1. The molecule has 158 valence electrons. The molecule has 2 aromatic heterocycles. The Morgan fingerprint density at radius 1 is 1.17 bits per heavy atom. The Hall–Kier alpha value is -3.35. The van der Waals surface area contributed by atoms with Crippen molar-refractivity contribution >= 4 is 15.7 Å². The lowest BCUT2D eigenvalue weighted by molar-refractivity contribution is -0.137. The van der Waals surface area contributed by atoms with E-state index in [1.165, 1.54) is 29.6 Å². The zero-order valence-corrected chi connectivity index (χ0v) is 16.4. The minimum Gasteiger partial charge on any atom is -0.342 e. The first kappa shape index (κ1) is 21.4. The predicted octanol–water partition coefficient (Wildman–Crippen LogP) is 1.97. The maximum Gasteiger partial charge on any atom is 0.416 e. The van der Waals surface area contributed by atoms with Crippen LogP contribution in [0, 0.1) is 0 Å². The summed E-state index contributed by atoms with van der Waals surface area (Å²) in [4.78, 5) is 24.0.